The van der Waals surface area contributed by atoms with Crippen LogP contribution in [0.3, 0.4) is 0 Å². The molecule has 2 aliphatic heterocycles. The molecule has 0 amide bonds. The molecule has 3 aromatic carbocycles. The van der Waals surface area contributed by atoms with Gasteiger partial charge in [-0.15, -0.1) is 0 Å². The first kappa shape index (κ1) is 36.3. The summed E-state index contributed by atoms with van der Waals surface area (Å²) in [5.74, 6) is 1.96. The van der Waals surface area contributed by atoms with Crippen LogP contribution in [0.2, 0.25) is 0 Å². The van der Waals surface area contributed by atoms with E-state index in [1.165, 1.54) is 53.8 Å². The van der Waals surface area contributed by atoms with E-state index in [9.17, 15) is 13.9 Å². The Kier molecular flexibility index (Phi) is 12.2. The average Bonchev–Trinajstić information content (AvgIpc) is 3.54. The van der Waals surface area contributed by atoms with Crippen molar-refractivity contribution in [2.75, 3.05) is 66.1 Å². The Bertz CT molecular complexity index is 1540. The summed E-state index contributed by atoms with van der Waals surface area (Å²) in [5, 5.41) is 10.9. The number of likely N-dealkylation sites (N-methyl/N-ethyl adjacent to an activating group) is 1. The predicted octanol–water partition coefficient (Wildman–Crippen LogP) is 6.64. The molecule has 4 aliphatic rings. The van der Waals surface area contributed by atoms with Crippen molar-refractivity contribution in [2.45, 2.75) is 87.6 Å². The summed E-state index contributed by atoms with van der Waals surface area (Å²) >= 11 is 0. The molecule has 1 saturated carbocycles. The molecule has 1 N–H and O–H groups in total. The number of rotatable bonds is 13. The lowest BCUT2D eigenvalue weighted by molar-refractivity contribution is -0.0416. The number of aryl methyl sites for hydroxylation is 1. The number of benzene rings is 3. The third kappa shape index (κ3) is 9.87. The first-order valence-electron chi connectivity index (χ1n) is 19.2. The molecule has 2 aliphatic carbocycles. The number of fused-ring (bicyclic) bond motifs is 1. The van der Waals surface area contributed by atoms with E-state index < -0.39 is 6.10 Å². The highest BCUT2D eigenvalue weighted by Crippen LogP contribution is 2.39. The second-order valence-electron chi connectivity index (χ2n) is 15.4. The SMILES string of the molecule is CN1CCN(CC2CCc3cc(C4CCCC(OC[C@H](O)CN5CCC[C@H](Oc6ccc(F)cc6)C5)C4)ccc32)CC1COc1ccc(F)cc1. The fourth-order valence-electron chi connectivity index (χ4n) is 8.74. The highest BCUT2D eigenvalue weighted by Gasteiger charge is 2.31. The van der Waals surface area contributed by atoms with Gasteiger partial charge in [0.05, 0.1) is 24.9 Å². The van der Waals surface area contributed by atoms with Crippen LogP contribution >= 0.6 is 0 Å². The number of likely N-dealkylation sites (tertiary alicyclic amines) is 1. The van der Waals surface area contributed by atoms with Crippen molar-refractivity contribution in [1.82, 2.24) is 14.7 Å². The summed E-state index contributed by atoms with van der Waals surface area (Å²) in [6.45, 7) is 7.36. The van der Waals surface area contributed by atoms with Crippen molar-refractivity contribution in [3.8, 4) is 11.5 Å². The van der Waals surface area contributed by atoms with Gasteiger partial charge in [0.25, 0.3) is 0 Å². The maximum Gasteiger partial charge on any atom is 0.123 e. The Morgan fingerprint density at radius 1 is 0.804 bits per heavy atom. The number of halogens is 2. The zero-order valence-corrected chi connectivity index (χ0v) is 30.1. The highest BCUT2D eigenvalue weighted by molar-refractivity contribution is 5.40. The van der Waals surface area contributed by atoms with Gasteiger partial charge >= 0.3 is 0 Å². The van der Waals surface area contributed by atoms with Gasteiger partial charge in [0.2, 0.25) is 0 Å². The lowest BCUT2D eigenvalue weighted by atomic mass is 9.81. The summed E-state index contributed by atoms with van der Waals surface area (Å²) in [4.78, 5) is 7.25. The fraction of sp³-hybridized carbons (Fsp3) is 0.571. The summed E-state index contributed by atoms with van der Waals surface area (Å²) in [7, 11) is 2.17. The molecule has 0 bridgehead atoms. The molecule has 6 atom stereocenters. The lowest BCUT2D eigenvalue weighted by Crippen LogP contribution is -2.54. The van der Waals surface area contributed by atoms with Gasteiger partial charge in [-0.25, -0.2) is 8.78 Å². The van der Waals surface area contributed by atoms with Gasteiger partial charge in [-0.05, 0) is 136 Å². The number of piperidine rings is 1. The van der Waals surface area contributed by atoms with Crippen LogP contribution in [-0.2, 0) is 11.2 Å². The number of β-amino-alcohol motifs (C(OH)–C–C–N with tert-alkyl or cyclic N) is 1. The summed E-state index contributed by atoms with van der Waals surface area (Å²) in [6, 6.07) is 20.1. The number of hydrogen-bond donors (Lipinski definition) is 1. The minimum Gasteiger partial charge on any atom is -0.492 e. The number of piperazine rings is 1. The summed E-state index contributed by atoms with van der Waals surface area (Å²) < 4.78 is 45.1. The number of nitrogens with zero attached hydrogens (tertiary/aromatic N) is 3. The monoisotopic (exact) mass is 703 g/mol. The van der Waals surface area contributed by atoms with Gasteiger partial charge in [0.15, 0.2) is 0 Å². The maximum absolute atomic E-state index is 13.3. The number of aliphatic hydroxyl groups excluding tert-OH is 1. The van der Waals surface area contributed by atoms with E-state index in [0.29, 0.717) is 43.4 Å². The third-order valence-electron chi connectivity index (χ3n) is 11.6. The average molecular weight is 704 g/mol. The zero-order valence-electron chi connectivity index (χ0n) is 30.1. The second kappa shape index (κ2) is 17.2. The van der Waals surface area contributed by atoms with Crippen LogP contribution in [0.25, 0.3) is 0 Å². The summed E-state index contributed by atoms with van der Waals surface area (Å²) in [5.41, 5.74) is 4.48. The number of hydrogen-bond acceptors (Lipinski definition) is 7. The molecule has 4 unspecified atom stereocenters. The minimum atomic E-state index is -0.537. The van der Waals surface area contributed by atoms with Crippen LogP contribution in [0, 0.1) is 11.6 Å². The standard InChI is InChI=1S/C42H55F2N3O4/c1-45-20-21-47(25-36(45)28-49-38-14-10-34(43)11-15-38)24-33-8-7-32-22-31(9-18-42(32)33)30-4-2-5-40(23-30)50-29-37(48)26-46-19-3-6-41(27-46)51-39-16-12-35(44)13-17-39/h9-18,22,30,33,36-37,40-41,48H,2-8,19-21,23-29H2,1H3/t30?,33?,36?,37-,40?,41+/m1/s1. The van der Waals surface area contributed by atoms with Crippen molar-refractivity contribution in [3.63, 3.8) is 0 Å². The van der Waals surface area contributed by atoms with E-state index in [0.717, 1.165) is 83.5 Å². The van der Waals surface area contributed by atoms with Crippen LogP contribution in [-0.4, -0.2) is 110 Å². The van der Waals surface area contributed by atoms with Crippen molar-refractivity contribution in [3.05, 3.63) is 95.1 Å². The Hall–Kier alpha value is -3.08. The van der Waals surface area contributed by atoms with Crippen LogP contribution < -0.4 is 9.47 Å². The van der Waals surface area contributed by atoms with Crippen molar-refractivity contribution < 1.29 is 28.1 Å². The van der Waals surface area contributed by atoms with Gasteiger partial charge in [0, 0.05) is 39.3 Å². The molecule has 0 aromatic heterocycles. The van der Waals surface area contributed by atoms with E-state index in [2.05, 4.69) is 39.9 Å². The minimum absolute atomic E-state index is 0.0402. The van der Waals surface area contributed by atoms with E-state index in [1.54, 1.807) is 24.3 Å². The lowest BCUT2D eigenvalue weighted by Gasteiger charge is -2.40. The largest absolute Gasteiger partial charge is 0.492 e. The zero-order chi connectivity index (χ0) is 35.2. The van der Waals surface area contributed by atoms with E-state index in [-0.39, 0.29) is 23.8 Å². The third-order valence-corrected chi connectivity index (χ3v) is 11.6. The molecule has 3 fully saturated rings. The van der Waals surface area contributed by atoms with Gasteiger partial charge in [-0.1, -0.05) is 24.6 Å². The number of aliphatic hydroxyl groups is 1. The highest BCUT2D eigenvalue weighted by atomic mass is 19.1. The van der Waals surface area contributed by atoms with Gasteiger partial charge < -0.3 is 19.3 Å². The van der Waals surface area contributed by atoms with Crippen LogP contribution in [0.1, 0.15) is 73.5 Å². The van der Waals surface area contributed by atoms with Crippen molar-refractivity contribution in [1.29, 1.82) is 0 Å². The molecule has 2 saturated heterocycles. The van der Waals surface area contributed by atoms with Gasteiger partial charge in [0.1, 0.15) is 35.8 Å². The van der Waals surface area contributed by atoms with Gasteiger partial charge in [-0.2, -0.15) is 0 Å². The van der Waals surface area contributed by atoms with E-state index in [4.69, 9.17) is 14.2 Å². The van der Waals surface area contributed by atoms with Crippen LogP contribution in [0.4, 0.5) is 8.78 Å². The molecule has 7 nitrogen and oxygen atoms in total. The molecule has 3 aromatic rings. The Morgan fingerprint density at radius 2 is 1.57 bits per heavy atom. The fourth-order valence-corrected chi connectivity index (χ4v) is 8.74. The number of ether oxygens (including phenoxy) is 3. The van der Waals surface area contributed by atoms with E-state index in [1.807, 2.05) is 0 Å². The Labute approximate surface area is 302 Å². The van der Waals surface area contributed by atoms with Crippen LogP contribution in [0.5, 0.6) is 11.5 Å². The first-order valence-corrected chi connectivity index (χ1v) is 19.2. The van der Waals surface area contributed by atoms with Crippen LogP contribution in [0.15, 0.2) is 66.7 Å². The molecule has 9 heteroatoms. The second-order valence-corrected chi connectivity index (χ2v) is 15.4. The smallest absolute Gasteiger partial charge is 0.123 e. The van der Waals surface area contributed by atoms with Crippen molar-refractivity contribution in [2.24, 2.45) is 0 Å². The van der Waals surface area contributed by atoms with Gasteiger partial charge in [-0.3, -0.25) is 14.7 Å². The topological polar surface area (TPSA) is 57.6 Å². The Balaban J connectivity index is 0.855. The maximum atomic E-state index is 13.3. The molecule has 276 valence electrons. The molecular weight excluding hydrogens is 648 g/mol. The molecule has 51 heavy (non-hydrogen) atoms. The molecular formula is C42H55F2N3O4. The van der Waals surface area contributed by atoms with E-state index >= 15 is 0 Å². The quantitative estimate of drug-likeness (QED) is 0.215. The Morgan fingerprint density at radius 3 is 2.37 bits per heavy atom. The van der Waals surface area contributed by atoms with Crippen molar-refractivity contribution >= 4 is 0 Å². The normalized spacial score (nSPS) is 26.9. The molecule has 0 radical (unpaired) electrons. The molecule has 0 spiro atoms. The molecule has 2 heterocycles. The summed E-state index contributed by atoms with van der Waals surface area (Å²) in [6.07, 6.45) is 8.39. The molecule has 7 rings (SSSR count). The predicted molar refractivity (Wildman–Crippen MR) is 196 cm³/mol. The first-order chi connectivity index (χ1) is 24.8.